The van der Waals surface area contributed by atoms with Gasteiger partial charge in [-0.3, -0.25) is 4.79 Å². The van der Waals surface area contributed by atoms with Crippen molar-refractivity contribution in [3.05, 3.63) is 78.7 Å². The van der Waals surface area contributed by atoms with E-state index in [2.05, 4.69) is 0 Å². The van der Waals surface area contributed by atoms with Gasteiger partial charge in [-0.25, -0.2) is 0 Å². The fourth-order valence-electron chi connectivity index (χ4n) is 2.25. The van der Waals surface area contributed by atoms with Gasteiger partial charge in [0.1, 0.15) is 0 Å². The fraction of sp³-hybridized carbons (Fsp3) is 0.176. The van der Waals surface area contributed by atoms with E-state index in [0.29, 0.717) is 0 Å². The van der Waals surface area contributed by atoms with Crippen LogP contribution in [0.15, 0.2) is 60.7 Å². The summed E-state index contributed by atoms with van der Waals surface area (Å²) in [6.07, 6.45) is 0.0279. The Morgan fingerprint density at radius 1 is 0.947 bits per heavy atom. The second kappa shape index (κ2) is 6.19. The molecule has 2 aromatic rings. The van der Waals surface area contributed by atoms with E-state index in [0.717, 1.165) is 11.1 Å². The van der Waals surface area contributed by atoms with Crippen LogP contribution in [0.5, 0.6) is 0 Å². The van der Waals surface area contributed by atoms with Crippen LogP contribution in [-0.2, 0) is 4.79 Å². The summed E-state index contributed by atoms with van der Waals surface area (Å²) in [7, 11) is 0. The predicted octanol–water partition coefficient (Wildman–Crippen LogP) is 3.74. The summed E-state index contributed by atoms with van der Waals surface area (Å²) in [5, 5.41) is 9.09. The minimum absolute atomic E-state index is 0.0279. The second-order valence-corrected chi connectivity index (χ2v) is 4.55. The van der Waals surface area contributed by atoms with Gasteiger partial charge in [0.2, 0.25) is 0 Å². The van der Waals surface area contributed by atoms with Gasteiger partial charge in [0, 0.05) is 5.92 Å². The first-order valence-electron chi connectivity index (χ1n) is 6.25. The third kappa shape index (κ3) is 3.44. The molecular formula is C17H16O2. The van der Waals surface area contributed by atoms with Gasteiger partial charge in [-0.2, -0.15) is 0 Å². The maximum atomic E-state index is 11.1. The van der Waals surface area contributed by atoms with Gasteiger partial charge < -0.3 is 5.11 Å². The van der Waals surface area contributed by atoms with Crippen LogP contribution in [0.2, 0.25) is 0 Å². The zero-order valence-electron chi connectivity index (χ0n) is 10.6. The molecule has 0 aliphatic rings. The molecule has 0 heterocycles. The molecule has 2 radical (unpaired) electrons. The van der Waals surface area contributed by atoms with Crippen molar-refractivity contribution in [1.29, 1.82) is 0 Å². The quantitative estimate of drug-likeness (QED) is 0.880. The SMILES string of the molecule is [CH]C(c1ccccc1)C(CC(=O)O)c1ccccc1. The lowest BCUT2D eigenvalue weighted by Crippen LogP contribution is -2.13. The molecule has 2 nitrogen and oxygen atoms in total. The maximum absolute atomic E-state index is 11.1. The van der Waals surface area contributed by atoms with Crippen molar-refractivity contribution in [2.24, 2.45) is 0 Å². The highest BCUT2D eigenvalue weighted by Gasteiger charge is 2.23. The lowest BCUT2D eigenvalue weighted by atomic mass is 9.81. The van der Waals surface area contributed by atoms with Crippen LogP contribution < -0.4 is 0 Å². The van der Waals surface area contributed by atoms with Crippen molar-refractivity contribution in [3.63, 3.8) is 0 Å². The fourth-order valence-corrected chi connectivity index (χ4v) is 2.25. The van der Waals surface area contributed by atoms with Crippen LogP contribution in [0.25, 0.3) is 0 Å². The maximum Gasteiger partial charge on any atom is 0.303 e. The molecule has 0 fully saturated rings. The molecule has 0 aliphatic heterocycles. The lowest BCUT2D eigenvalue weighted by molar-refractivity contribution is -0.137. The van der Waals surface area contributed by atoms with E-state index in [-0.39, 0.29) is 18.3 Å². The van der Waals surface area contributed by atoms with Gasteiger partial charge in [-0.05, 0) is 24.0 Å². The van der Waals surface area contributed by atoms with Crippen molar-refractivity contribution in [1.82, 2.24) is 0 Å². The third-order valence-electron chi connectivity index (χ3n) is 3.24. The minimum atomic E-state index is -0.833. The van der Waals surface area contributed by atoms with Gasteiger partial charge in [0.05, 0.1) is 6.42 Å². The molecule has 0 spiro atoms. The zero-order chi connectivity index (χ0) is 13.7. The van der Waals surface area contributed by atoms with E-state index in [9.17, 15) is 4.79 Å². The van der Waals surface area contributed by atoms with Crippen LogP contribution in [-0.4, -0.2) is 11.1 Å². The summed E-state index contributed by atoms with van der Waals surface area (Å²) in [5.74, 6) is -1.37. The molecule has 0 aromatic heterocycles. The van der Waals surface area contributed by atoms with Crippen molar-refractivity contribution >= 4 is 5.97 Å². The summed E-state index contributed by atoms with van der Waals surface area (Å²) in [6, 6.07) is 19.2. The molecule has 0 amide bonds. The highest BCUT2D eigenvalue weighted by molar-refractivity contribution is 5.68. The van der Waals surface area contributed by atoms with E-state index in [1.54, 1.807) is 0 Å². The molecule has 19 heavy (non-hydrogen) atoms. The van der Waals surface area contributed by atoms with E-state index in [1.807, 2.05) is 60.7 Å². The molecule has 1 N–H and O–H groups in total. The third-order valence-corrected chi connectivity index (χ3v) is 3.24. The summed E-state index contributed by atoms with van der Waals surface area (Å²) >= 11 is 0. The first-order chi connectivity index (χ1) is 9.18. The number of hydrogen-bond acceptors (Lipinski definition) is 1. The second-order valence-electron chi connectivity index (χ2n) is 4.55. The first-order valence-corrected chi connectivity index (χ1v) is 6.25. The average molecular weight is 252 g/mol. The molecule has 0 aliphatic carbocycles. The van der Waals surface area contributed by atoms with Gasteiger partial charge in [-0.1, -0.05) is 60.7 Å². The Morgan fingerprint density at radius 3 is 1.89 bits per heavy atom. The van der Waals surface area contributed by atoms with E-state index < -0.39 is 5.97 Å². The molecule has 2 unspecified atom stereocenters. The molecular weight excluding hydrogens is 236 g/mol. The monoisotopic (exact) mass is 252 g/mol. The first kappa shape index (κ1) is 13.3. The van der Waals surface area contributed by atoms with Crippen LogP contribution in [0.4, 0.5) is 0 Å². The number of carboxylic acid groups (broad SMARTS) is 1. The average Bonchev–Trinajstić information content (AvgIpc) is 2.46. The lowest BCUT2D eigenvalue weighted by Gasteiger charge is -2.23. The van der Waals surface area contributed by atoms with Crippen molar-refractivity contribution in [3.8, 4) is 0 Å². The van der Waals surface area contributed by atoms with Crippen LogP contribution >= 0.6 is 0 Å². The Hall–Kier alpha value is -2.09. The van der Waals surface area contributed by atoms with Crippen molar-refractivity contribution < 1.29 is 9.90 Å². The van der Waals surface area contributed by atoms with E-state index in [4.69, 9.17) is 12.0 Å². The normalized spacial score (nSPS) is 13.7. The minimum Gasteiger partial charge on any atom is -0.481 e. The Labute approximate surface area is 113 Å². The zero-order valence-corrected chi connectivity index (χ0v) is 10.6. The highest BCUT2D eigenvalue weighted by Crippen LogP contribution is 2.34. The Bertz CT molecular complexity index is 519. The number of carboxylic acids is 1. The van der Waals surface area contributed by atoms with Gasteiger partial charge in [0.25, 0.3) is 0 Å². The van der Waals surface area contributed by atoms with Crippen LogP contribution in [0.1, 0.15) is 29.4 Å². The van der Waals surface area contributed by atoms with Crippen LogP contribution in [0.3, 0.4) is 0 Å². The molecule has 0 bridgehead atoms. The van der Waals surface area contributed by atoms with E-state index in [1.165, 1.54) is 0 Å². The number of rotatable bonds is 5. The number of carbonyl (C=O) groups is 1. The smallest absolute Gasteiger partial charge is 0.303 e. The topological polar surface area (TPSA) is 37.3 Å². The summed E-state index contributed by atoms with van der Waals surface area (Å²) < 4.78 is 0. The molecule has 96 valence electrons. The van der Waals surface area contributed by atoms with Gasteiger partial charge in [-0.15, -0.1) is 0 Å². The molecule has 2 rings (SSSR count). The van der Waals surface area contributed by atoms with Crippen molar-refractivity contribution in [2.75, 3.05) is 0 Å². The Balaban J connectivity index is 2.30. The molecule has 2 atom stereocenters. The Morgan fingerprint density at radius 2 is 1.42 bits per heavy atom. The number of hydrogen-bond donors (Lipinski definition) is 1. The molecule has 0 saturated heterocycles. The highest BCUT2D eigenvalue weighted by atomic mass is 16.4. The summed E-state index contributed by atoms with van der Waals surface area (Å²) in [6.45, 7) is 6.26. The largest absolute Gasteiger partial charge is 0.481 e. The van der Waals surface area contributed by atoms with E-state index >= 15 is 0 Å². The van der Waals surface area contributed by atoms with Gasteiger partial charge in [0.15, 0.2) is 0 Å². The Kier molecular flexibility index (Phi) is 4.35. The number of benzene rings is 2. The summed E-state index contributed by atoms with van der Waals surface area (Å²) in [5.41, 5.74) is 1.92. The summed E-state index contributed by atoms with van der Waals surface area (Å²) in [4.78, 5) is 11.1. The molecule has 2 heteroatoms. The predicted molar refractivity (Wildman–Crippen MR) is 74.9 cm³/mol. The standard InChI is InChI=1S/C17H16O2/c1-13(14-8-4-2-5-9-14)16(12-17(18)19)15-10-6-3-7-11-15/h1-11,13,16H,12H2,(H,18,19). The van der Waals surface area contributed by atoms with Crippen molar-refractivity contribution in [2.45, 2.75) is 18.3 Å². The molecule has 0 saturated carbocycles. The van der Waals surface area contributed by atoms with Gasteiger partial charge >= 0.3 is 5.97 Å². The number of aliphatic carboxylic acids is 1. The van der Waals surface area contributed by atoms with Crippen LogP contribution in [0, 0.1) is 6.92 Å². The molecule has 2 aromatic carbocycles.